The topological polar surface area (TPSA) is 92.3 Å². The molecule has 0 amide bonds. The Bertz CT molecular complexity index is 923. The van der Waals surface area contributed by atoms with Gasteiger partial charge in [-0.2, -0.15) is 18.3 Å². The molecule has 0 saturated carbocycles. The number of anilines is 1. The van der Waals surface area contributed by atoms with E-state index in [1.165, 1.54) is 32.2 Å². The third-order valence-corrected chi connectivity index (χ3v) is 4.09. The second-order valence-corrected chi connectivity index (χ2v) is 6.45. The average Bonchev–Trinajstić information content (AvgIpc) is 2.98. The minimum absolute atomic E-state index is 0.0893. The predicted molar refractivity (Wildman–Crippen MR) is 85.9 cm³/mol. The van der Waals surface area contributed by atoms with Crippen LogP contribution in [0.2, 0.25) is 0 Å². The molecule has 1 aliphatic heterocycles. The summed E-state index contributed by atoms with van der Waals surface area (Å²) in [4.78, 5) is 12.1. The number of allylic oxidation sites excluding steroid dienone is 3. The molecule has 0 radical (unpaired) electrons. The quantitative estimate of drug-likeness (QED) is 0.863. The smallest absolute Gasteiger partial charge is 0.431 e. The minimum Gasteiger partial charge on any atom is -0.548 e. The zero-order chi connectivity index (χ0) is 19.3. The SMILES string of the molecule is CC(C)(O)c1cc2[nH]ncc2cc1N1C(C(F)(F)F)=CC=CC1C(=O)[O-]. The summed E-state index contributed by atoms with van der Waals surface area (Å²) >= 11 is 0. The van der Waals surface area contributed by atoms with E-state index < -0.39 is 29.5 Å². The molecule has 0 fully saturated rings. The first-order valence-electron chi connectivity index (χ1n) is 7.66. The summed E-state index contributed by atoms with van der Waals surface area (Å²) < 4.78 is 40.7. The van der Waals surface area contributed by atoms with E-state index in [0.717, 1.165) is 18.2 Å². The molecule has 0 spiro atoms. The van der Waals surface area contributed by atoms with Crippen molar-refractivity contribution in [1.82, 2.24) is 10.2 Å². The summed E-state index contributed by atoms with van der Waals surface area (Å²) in [6.07, 6.45) is -0.496. The highest BCUT2D eigenvalue weighted by molar-refractivity contribution is 5.89. The molecule has 1 aliphatic rings. The third-order valence-electron chi connectivity index (χ3n) is 4.09. The van der Waals surface area contributed by atoms with Gasteiger partial charge in [-0.25, -0.2) is 0 Å². The number of alkyl halides is 3. The highest BCUT2D eigenvalue weighted by Crippen LogP contribution is 2.41. The van der Waals surface area contributed by atoms with Crippen molar-refractivity contribution in [3.05, 3.63) is 47.8 Å². The van der Waals surface area contributed by atoms with Crippen LogP contribution in [0.25, 0.3) is 10.9 Å². The van der Waals surface area contributed by atoms with Crippen molar-refractivity contribution in [2.24, 2.45) is 0 Å². The van der Waals surface area contributed by atoms with Gasteiger partial charge in [0.15, 0.2) is 0 Å². The standard InChI is InChI=1S/C17H16F3N3O3/c1-16(2,26)10-7-11-9(8-21-22-11)6-13(10)23-12(15(24)25)4-3-5-14(23)17(18,19)20/h3-8,12,26H,1-2H3,(H,21,22)(H,24,25)/p-1. The van der Waals surface area contributed by atoms with Crippen LogP contribution in [0.1, 0.15) is 19.4 Å². The number of aliphatic hydroxyl groups is 1. The van der Waals surface area contributed by atoms with Crippen LogP contribution in [0.15, 0.2) is 42.3 Å². The van der Waals surface area contributed by atoms with Crippen LogP contribution < -0.4 is 10.0 Å². The molecule has 0 bridgehead atoms. The number of carboxylic acid groups (broad SMARTS) is 1. The number of carboxylic acids is 1. The van der Waals surface area contributed by atoms with Crippen LogP contribution in [0, 0.1) is 0 Å². The molecule has 2 aromatic rings. The molecule has 9 heteroatoms. The number of carbonyl (C=O) groups is 1. The molecule has 26 heavy (non-hydrogen) atoms. The van der Waals surface area contributed by atoms with Crippen molar-refractivity contribution in [3.63, 3.8) is 0 Å². The minimum atomic E-state index is -4.80. The second kappa shape index (κ2) is 5.87. The van der Waals surface area contributed by atoms with E-state index in [1.807, 2.05) is 0 Å². The molecule has 2 N–H and O–H groups in total. The summed E-state index contributed by atoms with van der Waals surface area (Å²) in [6.45, 7) is 2.80. The van der Waals surface area contributed by atoms with Gasteiger partial charge in [0.2, 0.25) is 0 Å². The van der Waals surface area contributed by atoms with Crippen molar-refractivity contribution in [2.45, 2.75) is 31.7 Å². The Labute approximate surface area is 146 Å². The number of nitrogens with zero attached hydrogens (tertiary/aromatic N) is 2. The van der Waals surface area contributed by atoms with Gasteiger partial charge in [0.05, 0.1) is 29.3 Å². The summed E-state index contributed by atoms with van der Waals surface area (Å²) in [5, 5.41) is 29.0. The number of nitrogens with one attached hydrogen (secondary N) is 1. The van der Waals surface area contributed by atoms with Gasteiger partial charge in [-0.05, 0) is 32.1 Å². The summed E-state index contributed by atoms with van der Waals surface area (Å²) in [5.74, 6) is -1.69. The van der Waals surface area contributed by atoms with Gasteiger partial charge in [0.1, 0.15) is 5.70 Å². The van der Waals surface area contributed by atoms with E-state index in [0.29, 0.717) is 15.8 Å². The Morgan fingerprint density at radius 3 is 2.62 bits per heavy atom. The fraction of sp³-hybridized carbons (Fsp3) is 0.294. The monoisotopic (exact) mass is 366 g/mol. The zero-order valence-corrected chi connectivity index (χ0v) is 13.8. The number of halogens is 3. The van der Waals surface area contributed by atoms with Crippen LogP contribution in [-0.2, 0) is 10.4 Å². The molecule has 2 heterocycles. The van der Waals surface area contributed by atoms with E-state index in [4.69, 9.17) is 0 Å². The van der Waals surface area contributed by atoms with Crippen LogP contribution >= 0.6 is 0 Å². The largest absolute Gasteiger partial charge is 0.548 e. The van der Waals surface area contributed by atoms with Gasteiger partial charge in [0.25, 0.3) is 0 Å². The Morgan fingerprint density at radius 1 is 1.35 bits per heavy atom. The van der Waals surface area contributed by atoms with Crippen molar-refractivity contribution in [2.75, 3.05) is 4.90 Å². The first-order chi connectivity index (χ1) is 12.0. The summed E-state index contributed by atoms with van der Waals surface area (Å²) in [5.41, 5.74) is -2.17. The Kier molecular flexibility index (Phi) is 4.06. The number of aromatic amines is 1. The van der Waals surface area contributed by atoms with Gasteiger partial charge in [-0.15, -0.1) is 0 Å². The first kappa shape index (κ1) is 18.0. The number of hydrogen-bond acceptors (Lipinski definition) is 5. The second-order valence-electron chi connectivity index (χ2n) is 6.45. The maximum absolute atomic E-state index is 13.6. The number of benzene rings is 1. The molecule has 0 aliphatic carbocycles. The summed E-state index contributed by atoms with van der Waals surface area (Å²) in [6, 6.07) is 1.14. The molecule has 1 atom stereocenters. The van der Waals surface area contributed by atoms with Crippen molar-refractivity contribution in [1.29, 1.82) is 0 Å². The van der Waals surface area contributed by atoms with Gasteiger partial charge >= 0.3 is 6.18 Å². The Balaban J connectivity index is 2.31. The molecule has 138 valence electrons. The molecule has 3 rings (SSSR count). The third kappa shape index (κ3) is 3.05. The van der Waals surface area contributed by atoms with Crippen molar-refractivity contribution in [3.8, 4) is 0 Å². The van der Waals surface area contributed by atoms with Crippen LogP contribution in [0.5, 0.6) is 0 Å². The van der Waals surface area contributed by atoms with Crippen molar-refractivity contribution >= 4 is 22.6 Å². The van der Waals surface area contributed by atoms with Crippen LogP contribution in [-0.4, -0.2) is 33.5 Å². The van der Waals surface area contributed by atoms with E-state index in [1.54, 1.807) is 0 Å². The Morgan fingerprint density at radius 2 is 2.04 bits per heavy atom. The van der Waals surface area contributed by atoms with Crippen molar-refractivity contribution < 1.29 is 28.2 Å². The number of fused-ring (bicyclic) bond motifs is 1. The van der Waals surface area contributed by atoms with E-state index >= 15 is 0 Å². The van der Waals surface area contributed by atoms with Gasteiger partial charge in [-0.1, -0.05) is 12.2 Å². The molecule has 1 aromatic carbocycles. The fourth-order valence-electron chi connectivity index (χ4n) is 2.93. The summed E-state index contributed by atoms with van der Waals surface area (Å²) in [7, 11) is 0. The predicted octanol–water partition coefficient (Wildman–Crippen LogP) is 1.73. The van der Waals surface area contributed by atoms with Gasteiger partial charge in [-0.3, -0.25) is 5.10 Å². The maximum Gasteiger partial charge on any atom is 0.431 e. The number of hydrogen-bond donors (Lipinski definition) is 2. The molecular weight excluding hydrogens is 351 g/mol. The number of aliphatic carboxylic acids is 1. The van der Waals surface area contributed by atoms with Gasteiger partial charge < -0.3 is 19.9 Å². The number of H-pyrrole nitrogens is 1. The number of carbonyl (C=O) groups excluding carboxylic acids is 1. The molecular formula is C17H15F3N3O3-. The lowest BCUT2D eigenvalue weighted by Crippen LogP contribution is -2.50. The van der Waals surface area contributed by atoms with Crippen LogP contribution in [0.3, 0.4) is 0 Å². The van der Waals surface area contributed by atoms with Gasteiger partial charge in [0, 0.05) is 16.6 Å². The lowest BCUT2D eigenvalue weighted by atomic mass is 9.93. The lowest BCUT2D eigenvalue weighted by Gasteiger charge is -2.39. The van der Waals surface area contributed by atoms with E-state index in [2.05, 4.69) is 10.2 Å². The molecule has 6 nitrogen and oxygen atoms in total. The highest BCUT2D eigenvalue weighted by atomic mass is 19.4. The lowest BCUT2D eigenvalue weighted by molar-refractivity contribution is -0.306. The number of rotatable bonds is 3. The van der Waals surface area contributed by atoms with Crippen LogP contribution in [0.4, 0.5) is 18.9 Å². The molecule has 0 saturated heterocycles. The molecule has 1 unspecified atom stereocenters. The fourth-order valence-corrected chi connectivity index (χ4v) is 2.93. The Hall–Kier alpha value is -2.81. The average molecular weight is 366 g/mol. The zero-order valence-electron chi connectivity index (χ0n) is 13.8. The number of aromatic nitrogens is 2. The molecule has 1 aromatic heterocycles. The van der Waals surface area contributed by atoms with E-state index in [-0.39, 0.29) is 11.3 Å². The first-order valence-corrected chi connectivity index (χ1v) is 7.66. The highest BCUT2D eigenvalue weighted by Gasteiger charge is 2.43. The van der Waals surface area contributed by atoms with E-state index in [9.17, 15) is 28.2 Å². The normalized spacial score (nSPS) is 18.3. The maximum atomic E-state index is 13.6.